The average Bonchev–Trinajstić information content (AvgIpc) is 3.02. The van der Waals surface area contributed by atoms with Crippen LogP contribution < -0.4 is 10.2 Å². The van der Waals surface area contributed by atoms with Crippen molar-refractivity contribution in [2.75, 3.05) is 23.3 Å². The molecule has 2 aliphatic rings. The summed E-state index contributed by atoms with van der Waals surface area (Å²) in [5.41, 5.74) is 4.81. The predicted octanol–water partition coefficient (Wildman–Crippen LogP) is 6.15. The number of likely N-dealkylation sites (N-methyl/N-ethyl adjacent to an activating group) is 1. The second-order valence-corrected chi connectivity index (χ2v) is 10.7. The Morgan fingerprint density at radius 3 is 2.53 bits per heavy atom. The zero-order chi connectivity index (χ0) is 24.6. The first-order chi connectivity index (χ1) is 16.1. The van der Waals surface area contributed by atoms with Crippen molar-refractivity contribution in [3.63, 3.8) is 0 Å². The van der Waals surface area contributed by atoms with E-state index in [9.17, 15) is 14.4 Å². The van der Waals surface area contributed by atoms with Crippen molar-refractivity contribution in [2.24, 2.45) is 0 Å². The molecular formula is C26H26BrN3O3S. The largest absolute Gasteiger partial charge is 0.363 e. The Morgan fingerprint density at radius 2 is 1.85 bits per heavy atom. The summed E-state index contributed by atoms with van der Waals surface area (Å²) in [7, 11) is 0. The molecule has 1 fully saturated rings. The molecular weight excluding hydrogens is 514 g/mol. The van der Waals surface area contributed by atoms with E-state index >= 15 is 0 Å². The molecule has 4 rings (SSSR count). The first-order valence-electron chi connectivity index (χ1n) is 11.0. The molecule has 2 aromatic rings. The summed E-state index contributed by atoms with van der Waals surface area (Å²) in [5.74, 6) is -0.884. The zero-order valence-electron chi connectivity index (χ0n) is 19.5. The Balaban J connectivity index is 1.52. The van der Waals surface area contributed by atoms with Crippen molar-refractivity contribution in [3.05, 3.63) is 69.0 Å². The molecule has 2 heterocycles. The van der Waals surface area contributed by atoms with E-state index in [1.807, 2.05) is 12.1 Å². The van der Waals surface area contributed by atoms with Crippen LogP contribution in [0.4, 0.5) is 16.2 Å². The molecule has 0 radical (unpaired) electrons. The third-order valence-corrected chi connectivity index (χ3v) is 7.35. The topological polar surface area (TPSA) is 69.7 Å². The Kier molecular flexibility index (Phi) is 6.73. The minimum absolute atomic E-state index is 0.0766. The van der Waals surface area contributed by atoms with E-state index in [0.29, 0.717) is 10.6 Å². The summed E-state index contributed by atoms with van der Waals surface area (Å²) in [6.07, 6.45) is 3.97. The van der Waals surface area contributed by atoms with Crippen LogP contribution in [-0.4, -0.2) is 40.6 Å². The number of carbonyl (C=O) groups is 3. The van der Waals surface area contributed by atoms with Crippen molar-refractivity contribution >= 4 is 67.8 Å². The number of benzene rings is 2. The highest BCUT2D eigenvalue weighted by molar-refractivity contribution is 9.10. The fourth-order valence-electron chi connectivity index (χ4n) is 4.43. The van der Waals surface area contributed by atoms with Crippen LogP contribution in [0.3, 0.4) is 0 Å². The molecule has 3 amide bonds. The normalized spacial score (nSPS) is 18.3. The van der Waals surface area contributed by atoms with E-state index in [-0.39, 0.29) is 12.1 Å². The van der Waals surface area contributed by atoms with Crippen molar-refractivity contribution in [1.29, 1.82) is 0 Å². The van der Waals surface area contributed by atoms with Crippen molar-refractivity contribution in [2.45, 2.75) is 33.2 Å². The molecule has 8 heteroatoms. The summed E-state index contributed by atoms with van der Waals surface area (Å²) >= 11 is 4.20. The highest BCUT2D eigenvalue weighted by Gasteiger charge is 2.36. The van der Waals surface area contributed by atoms with E-state index in [0.717, 1.165) is 44.5 Å². The Morgan fingerprint density at radius 1 is 1.15 bits per heavy atom. The summed E-state index contributed by atoms with van der Waals surface area (Å²) in [5, 5.41) is 2.26. The molecule has 2 aromatic carbocycles. The van der Waals surface area contributed by atoms with Gasteiger partial charge in [0.15, 0.2) is 0 Å². The van der Waals surface area contributed by atoms with Gasteiger partial charge >= 0.3 is 0 Å². The second-order valence-electron chi connectivity index (χ2n) is 8.82. The Hall–Kier alpha value is -2.84. The highest BCUT2D eigenvalue weighted by Crippen LogP contribution is 2.40. The van der Waals surface area contributed by atoms with Crippen LogP contribution in [0.1, 0.15) is 38.8 Å². The van der Waals surface area contributed by atoms with Crippen LogP contribution in [0, 0.1) is 0 Å². The maximum atomic E-state index is 12.9. The summed E-state index contributed by atoms with van der Waals surface area (Å²) in [4.78, 5) is 41.4. The molecule has 34 heavy (non-hydrogen) atoms. The molecule has 0 saturated carbocycles. The summed E-state index contributed by atoms with van der Waals surface area (Å²) < 4.78 is 0.889. The smallest absolute Gasteiger partial charge is 0.294 e. The SMILES string of the molecule is CCN1c2ccc(/C=C3/SC(=O)N(CC(=O)Nc4ccc(Br)cc4)C3=O)cc2C(C)=CC1(C)C. The van der Waals surface area contributed by atoms with Gasteiger partial charge in [0.25, 0.3) is 11.1 Å². The number of carbonyl (C=O) groups excluding carboxylic acids is 3. The lowest BCUT2D eigenvalue weighted by atomic mass is 9.88. The van der Waals surface area contributed by atoms with Crippen LogP contribution in [0.15, 0.2) is 57.9 Å². The number of hydrogen-bond acceptors (Lipinski definition) is 5. The number of rotatable bonds is 5. The highest BCUT2D eigenvalue weighted by atomic mass is 79.9. The van der Waals surface area contributed by atoms with Gasteiger partial charge in [0.05, 0.1) is 10.4 Å². The van der Waals surface area contributed by atoms with Gasteiger partial charge in [0.2, 0.25) is 5.91 Å². The Bertz CT molecular complexity index is 1230. The lowest BCUT2D eigenvalue weighted by Gasteiger charge is -2.42. The van der Waals surface area contributed by atoms with Gasteiger partial charge in [0, 0.05) is 28.0 Å². The molecule has 176 valence electrons. The van der Waals surface area contributed by atoms with Gasteiger partial charge in [-0.2, -0.15) is 0 Å². The van der Waals surface area contributed by atoms with E-state index < -0.39 is 17.1 Å². The van der Waals surface area contributed by atoms with Gasteiger partial charge < -0.3 is 10.2 Å². The fraction of sp³-hybridized carbons (Fsp3) is 0.269. The zero-order valence-corrected chi connectivity index (χ0v) is 21.9. The monoisotopic (exact) mass is 539 g/mol. The van der Waals surface area contributed by atoms with Gasteiger partial charge in [0.1, 0.15) is 6.54 Å². The molecule has 2 aliphatic heterocycles. The van der Waals surface area contributed by atoms with Gasteiger partial charge in [-0.25, -0.2) is 0 Å². The maximum absolute atomic E-state index is 12.9. The van der Waals surface area contributed by atoms with Crippen LogP contribution in [-0.2, 0) is 9.59 Å². The summed E-state index contributed by atoms with van der Waals surface area (Å²) in [6.45, 7) is 9.17. The number of allylic oxidation sites excluding steroid dienone is 1. The number of nitrogens with one attached hydrogen (secondary N) is 1. The number of anilines is 2. The number of halogens is 1. The van der Waals surface area contributed by atoms with Crippen LogP contribution in [0.25, 0.3) is 11.6 Å². The average molecular weight is 540 g/mol. The molecule has 0 spiro atoms. The van der Waals surface area contributed by atoms with E-state index in [2.05, 4.69) is 66.0 Å². The van der Waals surface area contributed by atoms with E-state index in [1.54, 1.807) is 30.3 Å². The van der Waals surface area contributed by atoms with Crippen molar-refractivity contribution in [1.82, 2.24) is 4.90 Å². The van der Waals surface area contributed by atoms with Crippen LogP contribution >= 0.6 is 27.7 Å². The molecule has 0 aromatic heterocycles. The minimum atomic E-state index is -0.456. The van der Waals surface area contributed by atoms with Gasteiger partial charge in [-0.3, -0.25) is 19.3 Å². The lowest BCUT2D eigenvalue weighted by molar-refractivity contribution is -0.127. The quantitative estimate of drug-likeness (QED) is 0.461. The summed E-state index contributed by atoms with van der Waals surface area (Å²) in [6, 6.07) is 13.2. The molecule has 6 nitrogen and oxygen atoms in total. The third kappa shape index (κ3) is 4.83. The van der Waals surface area contributed by atoms with Crippen LogP contribution in [0.2, 0.25) is 0 Å². The van der Waals surface area contributed by atoms with Crippen molar-refractivity contribution < 1.29 is 14.4 Å². The minimum Gasteiger partial charge on any atom is -0.363 e. The van der Waals surface area contributed by atoms with E-state index in [4.69, 9.17) is 0 Å². The number of imide groups is 1. The first kappa shape index (κ1) is 24.3. The molecule has 0 atom stereocenters. The number of amides is 3. The fourth-order valence-corrected chi connectivity index (χ4v) is 5.54. The van der Waals surface area contributed by atoms with Gasteiger partial charge in [-0.15, -0.1) is 0 Å². The standard InChI is InChI=1S/C26H26BrN3O3S/c1-5-30-21-11-6-17(12-20(21)16(2)14-26(30,3)4)13-22-24(32)29(25(33)34-22)15-23(31)28-19-9-7-18(27)8-10-19/h6-14H,5,15H2,1-4H3,(H,28,31)/b22-13+. The van der Waals surface area contributed by atoms with E-state index in [1.165, 1.54) is 5.57 Å². The molecule has 0 unspecified atom stereocenters. The molecule has 0 aliphatic carbocycles. The molecule has 1 saturated heterocycles. The molecule has 1 N–H and O–H groups in total. The third-order valence-electron chi connectivity index (χ3n) is 5.92. The van der Waals surface area contributed by atoms with Gasteiger partial charge in [-0.1, -0.05) is 28.1 Å². The van der Waals surface area contributed by atoms with Crippen LogP contribution in [0.5, 0.6) is 0 Å². The lowest BCUT2D eigenvalue weighted by Crippen LogP contribution is -2.44. The second kappa shape index (κ2) is 9.43. The Labute approximate surface area is 212 Å². The molecule has 0 bridgehead atoms. The van der Waals surface area contributed by atoms with Crippen molar-refractivity contribution in [3.8, 4) is 0 Å². The predicted molar refractivity (Wildman–Crippen MR) is 143 cm³/mol. The number of thioether (sulfide) groups is 1. The number of fused-ring (bicyclic) bond motifs is 1. The maximum Gasteiger partial charge on any atom is 0.294 e. The first-order valence-corrected chi connectivity index (χ1v) is 12.6. The number of nitrogens with zero attached hydrogens (tertiary/aromatic N) is 2. The number of hydrogen-bond donors (Lipinski definition) is 1. The van der Waals surface area contributed by atoms with Gasteiger partial charge in [-0.05, 0) is 93.1 Å².